The second kappa shape index (κ2) is 7.91. The number of sulfonamides is 1. The van der Waals surface area contributed by atoms with Crippen LogP contribution in [0.1, 0.15) is 26.2 Å². The van der Waals surface area contributed by atoms with E-state index < -0.39 is 28.5 Å². The Morgan fingerprint density at radius 1 is 1.33 bits per heavy atom. The van der Waals surface area contributed by atoms with Gasteiger partial charge in [-0.15, -0.1) is 0 Å². The highest BCUT2D eigenvalue weighted by molar-refractivity contribution is 7.90. The number of hydrogen-bond donors (Lipinski definition) is 2. The summed E-state index contributed by atoms with van der Waals surface area (Å²) in [5.41, 5.74) is 0.295. The summed E-state index contributed by atoms with van der Waals surface area (Å²) < 4.78 is 31.8. The number of nitrogens with zero attached hydrogens (tertiary/aromatic N) is 1. The van der Waals surface area contributed by atoms with E-state index in [-0.39, 0.29) is 11.3 Å². The average Bonchev–Trinajstić information content (AvgIpc) is 3.05. The van der Waals surface area contributed by atoms with E-state index >= 15 is 0 Å². The van der Waals surface area contributed by atoms with E-state index in [9.17, 15) is 18.0 Å². The number of rotatable bonds is 6. The highest BCUT2D eigenvalue weighted by Crippen LogP contribution is 2.16. The number of amides is 1. The van der Waals surface area contributed by atoms with E-state index in [2.05, 4.69) is 15.0 Å². The van der Waals surface area contributed by atoms with Gasteiger partial charge >= 0.3 is 5.97 Å². The number of esters is 1. The average molecular weight is 353 g/mol. The highest BCUT2D eigenvalue weighted by atomic mass is 32.2. The molecule has 0 unspecified atom stereocenters. The summed E-state index contributed by atoms with van der Waals surface area (Å²) in [4.78, 5) is 26.8. The third kappa shape index (κ3) is 5.05. The number of aliphatic imine (C=N–C) groups is 1. The molecule has 1 aromatic carbocycles. The van der Waals surface area contributed by atoms with Crippen LogP contribution in [0.3, 0.4) is 0 Å². The lowest BCUT2D eigenvalue weighted by Gasteiger charge is -2.10. The van der Waals surface area contributed by atoms with Gasteiger partial charge in [-0.05, 0) is 24.6 Å². The minimum atomic E-state index is -3.75. The fourth-order valence-electron chi connectivity index (χ4n) is 2.02. The maximum Gasteiger partial charge on any atom is 0.306 e. The monoisotopic (exact) mass is 353 g/mol. The fourth-order valence-corrected chi connectivity index (χ4v) is 3.16. The summed E-state index contributed by atoms with van der Waals surface area (Å²) in [5, 5.41) is 2.49. The van der Waals surface area contributed by atoms with Crippen molar-refractivity contribution < 1.29 is 22.7 Å². The summed E-state index contributed by atoms with van der Waals surface area (Å²) >= 11 is 0. The first-order chi connectivity index (χ1) is 11.4. The van der Waals surface area contributed by atoms with Gasteiger partial charge in [-0.25, -0.2) is 8.42 Å². The van der Waals surface area contributed by atoms with Crippen LogP contribution >= 0.6 is 0 Å². The predicted molar refractivity (Wildman–Crippen MR) is 88.2 cm³/mol. The summed E-state index contributed by atoms with van der Waals surface area (Å²) in [6, 6.07) is 5.81. The Bertz CT molecular complexity index is 758. The van der Waals surface area contributed by atoms with Crippen LogP contribution < -0.4 is 10.0 Å². The lowest BCUT2D eigenvalue weighted by molar-refractivity contribution is -0.146. The highest BCUT2D eigenvalue weighted by Gasteiger charge is 2.18. The third-order valence-electron chi connectivity index (χ3n) is 3.21. The molecule has 1 heterocycles. The molecule has 2 rings (SSSR count). The van der Waals surface area contributed by atoms with Crippen LogP contribution in [-0.4, -0.2) is 39.3 Å². The second-order valence-corrected chi connectivity index (χ2v) is 6.81. The van der Waals surface area contributed by atoms with Gasteiger partial charge in [0.05, 0.1) is 4.90 Å². The molecule has 9 heteroatoms. The van der Waals surface area contributed by atoms with Crippen LogP contribution in [0.15, 0.2) is 34.2 Å². The number of amidine groups is 1. The molecule has 0 aliphatic carbocycles. The SMILES string of the molecule is CCC(=O)OCC(=O)Nc1cccc(S(=O)(=O)NC2=NCCC2)c1. The van der Waals surface area contributed by atoms with Crippen molar-refractivity contribution in [1.82, 2.24) is 4.72 Å². The van der Waals surface area contributed by atoms with Crippen LogP contribution in [-0.2, 0) is 24.3 Å². The third-order valence-corrected chi connectivity index (χ3v) is 4.59. The minimum absolute atomic E-state index is 0.0143. The van der Waals surface area contributed by atoms with Crippen molar-refractivity contribution in [1.29, 1.82) is 0 Å². The number of carbonyl (C=O) groups is 2. The predicted octanol–water partition coefficient (Wildman–Crippen LogP) is 1.05. The fraction of sp³-hybridized carbons (Fsp3) is 0.400. The number of anilines is 1. The van der Waals surface area contributed by atoms with E-state index in [1.54, 1.807) is 13.0 Å². The summed E-state index contributed by atoms with van der Waals surface area (Å²) in [6.07, 6.45) is 1.60. The molecule has 0 aromatic heterocycles. The Labute approximate surface area is 140 Å². The minimum Gasteiger partial charge on any atom is -0.456 e. The molecule has 1 aliphatic rings. The molecule has 8 nitrogen and oxygen atoms in total. The molecule has 0 atom stereocenters. The second-order valence-electron chi connectivity index (χ2n) is 5.13. The van der Waals surface area contributed by atoms with E-state index in [0.717, 1.165) is 6.42 Å². The molecular weight excluding hydrogens is 334 g/mol. The van der Waals surface area contributed by atoms with Crippen molar-refractivity contribution in [2.75, 3.05) is 18.5 Å². The van der Waals surface area contributed by atoms with Crippen molar-refractivity contribution in [2.45, 2.75) is 31.1 Å². The van der Waals surface area contributed by atoms with Crippen molar-refractivity contribution in [3.8, 4) is 0 Å². The standard InChI is InChI=1S/C15H19N3O5S/c1-2-15(20)23-10-14(19)17-11-5-3-6-12(9-11)24(21,22)18-13-7-4-8-16-13/h3,5-6,9H,2,4,7-8,10H2,1H3,(H,16,18)(H,17,19). The molecule has 130 valence electrons. The Hall–Kier alpha value is -2.42. The van der Waals surface area contributed by atoms with E-state index in [1.165, 1.54) is 18.2 Å². The number of nitrogens with one attached hydrogen (secondary N) is 2. The van der Waals surface area contributed by atoms with Gasteiger partial charge in [-0.1, -0.05) is 13.0 Å². The number of ether oxygens (including phenoxy) is 1. The molecule has 0 fully saturated rings. The molecule has 0 saturated carbocycles. The smallest absolute Gasteiger partial charge is 0.306 e. The number of hydrogen-bond acceptors (Lipinski definition) is 6. The summed E-state index contributed by atoms with van der Waals surface area (Å²) in [6.45, 7) is 1.82. The van der Waals surface area contributed by atoms with Crippen LogP contribution in [0.2, 0.25) is 0 Å². The number of benzene rings is 1. The Morgan fingerprint density at radius 2 is 2.12 bits per heavy atom. The van der Waals surface area contributed by atoms with Crippen molar-refractivity contribution in [3.63, 3.8) is 0 Å². The van der Waals surface area contributed by atoms with Crippen LogP contribution in [0, 0.1) is 0 Å². The molecule has 1 aliphatic heterocycles. The molecule has 0 radical (unpaired) electrons. The maximum absolute atomic E-state index is 12.3. The number of carbonyl (C=O) groups excluding carboxylic acids is 2. The largest absolute Gasteiger partial charge is 0.456 e. The van der Waals surface area contributed by atoms with Gasteiger partial charge in [0, 0.05) is 25.1 Å². The van der Waals surface area contributed by atoms with E-state index in [4.69, 9.17) is 4.74 Å². The first-order valence-corrected chi connectivity index (χ1v) is 9.00. The van der Waals surface area contributed by atoms with Gasteiger partial charge < -0.3 is 10.1 Å². The zero-order chi connectivity index (χ0) is 17.6. The molecule has 1 aromatic rings. The summed E-state index contributed by atoms with van der Waals surface area (Å²) in [7, 11) is -3.75. The van der Waals surface area contributed by atoms with Gasteiger partial charge in [0.1, 0.15) is 5.84 Å². The van der Waals surface area contributed by atoms with Crippen molar-refractivity contribution >= 4 is 33.4 Å². The molecule has 24 heavy (non-hydrogen) atoms. The lowest BCUT2D eigenvalue weighted by Crippen LogP contribution is -2.29. The zero-order valence-corrected chi connectivity index (χ0v) is 14.1. The van der Waals surface area contributed by atoms with E-state index in [0.29, 0.717) is 24.5 Å². The molecule has 0 spiro atoms. The first-order valence-electron chi connectivity index (χ1n) is 7.52. The van der Waals surface area contributed by atoms with Crippen LogP contribution in [0.5, 0.6) is 0 Å². The topological polar surface area (TPSA) is 114 Å². The quantitative estimate of drug-likeness (QED) is 0.742. The molecule has 0 saturated heterocycles. The Morgan fingerprint density at radius 3 is 2.79 bits per heavy atom. The van der Waals surface area contributed by atoms with Crippen molar-refractivity contribution in [3.05, 3.63) is 24.3 Å². The van der Waals surface area contributed by atoms with Crippen molar-refractivity contribution in [2.24, 2.45) is 4.99 Å². The summed E-state index contributed by atoms with van der Waals surface area (Å²) in [5.74, 6) is -0.585. The first kappa shape index (κ1) is 17.9. The molecule has 1 amide bonds. The maximum atomic E-state index is 12.3. The van der Waals surface area contributed by atoms with Gasteiger partial charge in [0.25, 0.3) is 15.9 Å². The molecular formula is C15H19N3O5S. The van der Waals surface area contributed by atoms with Crippen LogP contribution in [0.25, 0.3) is 0 Å². The van der Waals surface area contributed by atoms with Gasteiger partial charge in [0.15, 0.2) is 6.61 Å². The zero-order valence-electron chi connectivity index (χ0n) is 13.2. The lowest BCUT2D eigenvalue weighted by atomic mass is 10.3. The molecule has 2 N–H and O–H groups in total. The normalized spacial score (nSPS) is 14.0. The molecule has 0 bridgehead atoms. The Kier molecular flexibility index (Phi) is 5.91. The van der Waals surface area contributed by atoms with Gasteiger partial charge in [-0.3, -0.25) is 19.3 Å². The van der Waals surface area contributed by atoms with Gasteiger partial charge in [0.2, 0.25) is 0 Å². The Balaban J connectivity index is 2.02. The van der Waals surface area contributed by atoms with Crippen LogP contribution in [0.4, 0.5) is 5.69 Å². The van der Waals surface area contributed by atoms with E-state index in [1.807, 2.05) is 0 Å². The van der Waals surface area contributed by atoms with Gasteiger partial charge in [-0.2, -0.15) is 0 Å².